The zero-order valence-electron chi connectivity index (χ0n) is 15.4. The molecule has 1 amide bonds. The lowest BCUT2D eigenvalue weighted by Crippen LogP contribution is -2.23. The average Bonchev–Trinajstić information content (AvgIpc) is 2.74. The van der Waals surface area contributed by atoms with Crippen LogP contribution in [-0.4, -0.2) is 25.1 Å². The number of nitrogens with one attached hydrogen (secondary N) is 2. The Hall–Kier alpha value is -3.51. The fraction of sp³-hybridized carbons (Fsp3) is 0.0909. The monoisotopic (exact) mass is 410 g/mol. The molecule has 0 radical (unpaired) electrons. The van der Waals surface area contributed by atoms with Gasteiger partial charge in [-0.3, -0.25) is 4.79 Å². The van der Waals surface area contributed by atoms with E-state index in [1.54, 1.807) is 36.4 Å². The van der Waals surface area contributed by atoms with Gasteiger partial charge in [0.1, 0.15) is 5.75 Å². The zero-order chi connectivity index (χ0) is 20.5. The maximum absolute atomic E-state index is 11.8. The number of hydrogen-bond donors (Lipinski definition) is 2. The first-order valence-electron chi connectivity index (χ1n) is 8.84. The average molecular weight is 411 g/mol. The molecule has 0 fully saturated rings. The van der Waals surface area contributed by atoms with Crippen LogP contribution in [0, 0.1) is 0 Å². The van der Waals surface area contributed by atoms with Crippen molar-refractivity contribution < 1.29 is 19.1 Å². The lowest BCUT2D eigenvalue weighted by molar-refractivity contribution is -0.149. The number of anilines is 3. The van der Waals surface area contributed by atoms with Crippen LogP contribution in [0.1, 0.15) is 0 Å². The molecule has 6 nitrogen and oxygen atoms in total. The Morgan fingerprint density at radius 1 is 0.759 bits per heavy atom. The number of para-hydroxylation sites is 1. The summed E-state index contributed by atoms with van der Waals surface area (Å²) in [6.45, 7) is -0.690. The number of esters is 1. The number of amides is 1. The number of rotatable bonds is 8. The third-order valence-corrected chi connectivity index (χ3v) is 4.02. The normalized spacial score (nSPS) is 10.1. The van der Waals surface area contributed by atoms with E-state index in [2.05, 4.69) is 10.6 Å². The molecule has 29 heavy (non-hydrogen) atoms. The number of benzene rings is 3. The summed E-state index contributed by atoms with van der Waals surface area (Å²) in [5, 5.41) is 6.42. The second-order valence-electron chi connectivity index (χ2n) is 6.02. The molecule has 0 unspecified atom stereocenters. The maximum atomic E-state index is 11.8. The Bertz CT molecular complexity index is 945. The van der Waals surface area contributed by atoms with E-state index >= 15 is 0 Å². The van der Waals surface area contributed by atoms with Gasteiger partial charge in [-0.1, -0.05) is 29.8 Å². The van der Waals surface area contributed by atoms with Crippen molar-refractivity contribution in [3.63, 3.8) is 0 Å². The summed E-state index contributed by atoms with van der Waals surface area (Å²) in [6, 6.07) is 23.5. The highest BCUT2D eigenvalue weighted by molar-refractivity contribution is 6.30. The molecule has 0 aliphatic rings. The van der Waals surface area contributed by atoms with E-state index in [9.17, 15) is 9.59 Å². The smallest absolute Gasteiger partial charge is 0.344 e. The summed E-state index contributed by atoms with van der Waals surface area (Å²) in [6.07, 6.45) is 0. The molecule has 0 aromatic heterocycles. The molecule has 0 aliphatic carbocycles. The summed E-state index contributed by atoms with van der Waals surface area (Å²) in [7, 11) is 0. The molecule has 0 saturated heterocycles. The Morgan fingerprint density at radius 2 is 1.38 bits per heavy atom. The number of halogens is 1. The molecule has 148 valence electrons. The highest BCUT2D eigenvalue weighted by atomic mass is 35.5. The molecule has 3 rings (SSSR count). The lowest BCUT2D eigenvalue weighted by atomic mass is 10.2. The van der Waals surface area contributed by atoms with Gasteiger partial charge in [0.25, 0.3) is 5.91 Å². The Labute approximate surface area is 173 Å². The van der Waals surface area contributed by atoms with E-state index in [0.29, 0.717) is 16.5 Å². The summed E-state index contributed by atoms with van der Waals surface area (Å²) >= 11 is 5.78. The second kappa shape index (κ2) is 10.1. The van der Waals surface area contributed by atoms with Crippen molar-refractivity contribution in [2.24, 2.45) is 0 Å². The summed E-state index contributed by atoms with van der Waals surface area (Å²) in [4.78, 5) is 23.6. The van der Waals surface area contributed by atoms with Gasteiger partial charge in [-0.05, 0) is 60.7 Å². The van der Waals surface area contributed by atoms with Gasteiger partial charge in [0, 0.05) is 22.1 Å². The summed E-state index contributed by atoms with van der Waals surface area (Å²) in [5.74, 6) is -0.564. The van der Waals surface area contributed by atoms with E-state index in [-0.39, 0.29) is 6.61 Å². The molecule has 3 aromatic rings. The molecule has 0 saturated carbocycles. The third-order valence-electron chi connectivity index (χ3n) is 3.77. The first-order valence-corrected chi connectivity index (χ1v) is 9.22. The quantitative estimate of drug-likeness (QED) is 0.529. The van der Waals surface area contributed by atoms with E-state index in [0.717, 1.165) is 11.4 Å². The molecule has 0 heterocycles. The zero-order valence-corrected chi connectivity index (χ0v) is 16.2. The predicted molar refractivity (Wildman–Crippen MR) is 113 cm³/mol. The Balaban J connectivity index is 1.38. The van der Waals surface area contributed by atoms with E-state index in [4.69, 9.17) is 21.1 Å². The van der Waals surface area contributed by atoms with Crippen molar-refractivity contribution in [1.82, 2.24) is 0 Å². The topological polar surface area (TPSA) is 76.7 Å². The number of carbonyl (C=O) groups excluding carboxylic acids is 2. The van der Waals surface area contributed by atoms with Crippen molar-refractivity contribution in [3.05, 3.63) is 83.9 Å². The van der Waals surface area contributed by atoms with Crippen molar-refractivity contribution in [1.29, 1.82) is 0 Å². The molecule has 2 N–H and O–H groups in total. The number of hydrogen-bond acceptors (Lipinski definition) is 5. The van der Waals surface area contributed by atoms with Crippen LogP contribution in [-0.2, 0) is 14.3 Å². The van der Waals surface area contributed by atoms with Gasteiger partial charge in [-0.15, -0.1) is 0 Å². The maximum Gasteiger partial charge on any atom is 0.344 e. The molecule has 0 bridgehead atoms. The minimum absolute atomic E-state index is 0.292. The highest BCUT2D eigenvalue weighted by Crippen LogP contribution is 2.20. The molecule has 0 atom stereocenters. The standard InChI is InChI=1S/C22H19ClN2O4/c23-16-6-8-19(9-7-16)25-21(26)14-29-22(27)15-28-20-12-10-18(11-13-20)24-17-4-2-1-3-5-17/h1-13,24H,14-15H2,(H,25,26). The van der Waals surface area contributed by atoms with Gasteiger partial charge in [0.2, 0.25) is 0 Å². The minimum atomic E-state index is -0.636. The predicted octanol–water partition coefficient (Wildman–Crippen LogP) is 4.64. The first kappa shape index (κ1) is 20.2. The van der Waals surface area contributed by atoms with Crippen LogP contribution in [0.15, 0.2) is 78.9 Å². The molecular formula is C22H19ClN2O4. The molecule has 3 aromatic carbocycles. The first-order chi connectivity index (χ1) is 14.1. The SMILES string of the molecule is O=C(COC(=O)COc1ccc(Nc2ccccc2)cc1)Nc1ccc(Cl)cc1. The van der Waals surface area contributed by atoms with E-state index in [1.165, 1.54) is 0 Å². The largest absolute Gasteiger partial charge is 0.482 e. The van der Waals surface area contributed by atoms with Crippen molar-refractivity contribution in [2.75, 3.05) is 23.8 Å². The fourth-order valence-corrected chi connectivity index (χ4v) is 2.51. The summed E-state index contributed by atoms with van der Waals surface area (Å²) in [5.41, 5.74) is 2.43. The lowest BCUT2D eigenvalue weighted by Gasteiger charge is -2.09. The van der Waals surface area contributed by atoms with Gasteiger partial charge in [-0.2, -0.15) is 0 Å². The van der Waals surface area contributed by atoms with Crippen LogP contribution in [0.3, 0.4) is 0 Å². The van der Waals surface area contributed by atoms with Crippen LogP contribution in [0.2, 0.25) is 5.02 Å². The van der Waals surface area contributed by atoms with Crippen molar-refractivity contribution in [2.45, 2.75) is 0 Å². The van der Waals surface area contributed by atoms with E-state index < -0.39 is 18.5 Å². The Morgan fingerprint density at radius 3 is 2.07 bits per heavy atom. The molecule has 0 spiro atoms. The van der Waals surface area contributed by atoms with Gasteiger partial charge < -0.3 is 20.1 Å². The Kier molecular flexibility index (Phi) is 7.08. The number of carbonyl (C=O) groups is 2. The summed E-state index contributed by atoms with van der Waals surface area (Å²) < 4.78 is 10.3. The van der Waals surface area contributed by atoms with Crippen LogP contribution >= 0.6 is 11.6 Å². The second-order valence-corrected chi connectivity index (χ2v) is 6.46. The van der Waals surface area contributed by atoms with Crippen LogP contribution in [0.4, 0.5) is 17.1 Å². The van der Waals surface area contributed by atoms with Gasteiger partial charge in [-0.25, -0.2) is 4.79 Å². The third kappa shape index (κ3) is 6.86. The molecule has 0 aliphatic heterocycles. The molecule has 7 heteroatoms. The fourth-order valence-electron chi connectivity index (χ4n) is 2.38. The van der Waals surface area contributed by atoms with Crippen LogP contribution in [0.5, 0.6) is 5.75 Å². The van der Waals surface area contributed by atoms with Crippen molar-refractivity contribution in [3.8, 4) is 5.75 Å². The van der Waals surface area contributed by atoms with Crippen LogP contribution in [0.25, 0.3) is 0 Å². The highest BCUT2D eigenvalue weighted by Gasteiger charge is 2.09. The number of ether oxygens (including phenoxy) is 2. The van der Waals surface area contributed by atoms with Crippen molar-refractivity contribution >= 4 is 40.5 Å². The van der Waals surface area contributed by atoms with Gasteiger partial charge in [0.05, 0.1) is 0 Å². The van der Waals surface area contributed by atoms with Gasteiger partial charge in [0.15, 0.2) is 13.2 Å². The van der Waals surface area contributed by atoms with Gasteiger partial charge >= 0.3 is 5.97 Å². The minimum Gasteiger partial charge on any atom is -0.482 e. The molecular weight excluding hydrogens is 392 g/mol. The van der Waals surface area contributed by atoms with Crippen LogP contribution < -0.4 is 15.4 Å². The van der Waals surface area contributed by atoms with E-state index in [1.807, 2.05) is 42.5 Å².